The Morgan fingerprint density at radius 2 is 1.92 bits per heavy atom. The van der Waals surface area contributed by atoms with Crippen LogP contribution in [-0.2, 0) is 0 Å². The molecule has 0 amide bonds. The molecular formula is C32H33NO4. The van der Waals surface area contributed by atoms with Gasteiger partial charge in [-0.25, -0.2) is 0 Å². The third-order valence-corrected chi connectivity index (χ3v) is 7.48. The summed E-state index contributed by atoms with van der Waals surface area (Å²) in [4.78, 5) is 2.49. The maximum Gasteiger partial charge on any atom is 0.150 e. The van der Waals surface area contributed by atoms with Crippen LogP contribution < -0.4 is 9.47 Å². The Morgan fingerprint density at radius 1 is 1.14 bits per heavy atom. The van der Waals surface area contributed by atoms with Crippen molar-refractivity contribution < 1.29 is 19.7 Å². The van der Waals surface area contributed by atoms with E-state index in [2.05, 4.69) is 24.7 Å². The van der Waals surface area contributed by atoms with Crippen molar-refractivity contribution in [3.8, 4) is 35.3 Å². The van der Waals surface area contributed by atoms with E-state index in [0.29, 0.717) is 24.0 Å². The number of allylic oxidation sites excluding steroid dienone is 1. The van der Waals surface area contributed by atoms with E-state index in [0.717, 1.165) is 52.6 Å². The number of phenols is 2. The molecule has 0 spiro atoms. The molecule has 0 radical (unpaired) electrons. The Labute approximate surface area is 219 Å². The second kappa shape index (κ2) is 10.2. The Bertz CT molecular complexity index is 1370. The van der Waals surface area contributed by atoms with E-state index < -0.39 is 6.10 Å². The summed E-state index contributed by atoms with van der Waals surface area (Å²) in [5.41, 5.74) is 4.83. The lowest BCUT2D eigenvalue weighted by Crippen LogP contribution is -2.35. The van der Waals surface area contributed by atoms with Crippen LogP contribution in [0.15, 0.2) is 60.7 Å². The van der Waals surface area contributed by atoms with Crippen molar-refractivity contribution in [3.05, 3.63) is 82.9 Å². The van der Waals surface area contributed by atoms with Gasteiger partial charge in [0, 0.05) is 29.8 Å². The number of aromatic hydroxyl groups is 2. The fourth-order valence-corrected chi connectivity index (χ4v) is 5.31. The van der Waals surface area contributed by atoms with Crippen molar-refractivity contribution >= 4 is 11.1 Å². The first-order valence-electron chi connectivity index (χ1n) is 12.8. The number of benzene rings is 3. The normalized spacial score (nSPS) is 20.2. The lowest BCUT2D eigenvalue weighted by atomic mass is 9.85. The van der Waals surface area contributed by atoms with Crippen molar-refractivity contribution in [2.75, 3.05) is 19.7 Å². The first-order valence-corrected chi connectivity index (χ1v) is 12.8. The van der Waals surface area contributed by atoms with Gasteiger partial charge < -0.3 is 19.7 Å². The first-order chi connectivity index (χ1) is 17.8. The number of phenolic OH excluding ortho intramolecular Hbond substituents is 2. The van der Waals surface area contributed by atoms with Gasteiger partial charge in [0.25, 0.3) is 0 Å². The minimum Gasteiger partial charge on any atom is -0.508 e. The maximum absolute atomic E-state index is 10.4. The van der Waals surface area contributed by atoms with Crippen LogP contribution in [0.3, 0.4) is 0 Å². The quantitative estimate of drug-likeness (QED) is 0.396. The number of ether oxygens (including phenoxy) is 2. The molecule has 3 atom stereocenters. The summed E-state index contributed by atoms with van der Waals surface area (Å²) in [5.74, 6) is 4.92. The van der Waals surface area contributed by atoms with Crippen molar-refractivity contribution in [1.29, 1.82) is 0 Å². The summed E-state index contributed by atoms with van der Waals surface area (Å²) < 4.78 is 12.6. The highest BCUT2D eigenvalue weighted by Gasteiger charge is 2.30. The number of fused-ring (bicyclic) bond motifs is 1. The molecule has 1 fully saturated rings. The van der Waals surface area contributed by atoms with Gasteiger partial charge >= 0.3 is 0 Å². The molecular weight excluding hydrogens is 462 g/mol. The van der Waals surface area contributed by atoms with Gasteiger partial charge in [0.05, 0.1) is 5.56 Å². The average molecular weight is 496 g/mol. The van der Waals surface area contributed by atoms with Gasteiger partial charge in [-0.05, 0) is 79.8 Å². The van der Waals surface area contributed by atoms with Gasteiger partial charge in [-0.15, -0.1) is 6.42 Å². The third-order valence-electron chi connectivity index (χ3n) is 7.48. The third kappa shape index (κ3) is 5.03. The Balaban J connectivity index is 1.44. The van der Waals surface area contributed by atoms with Crippen molar-refractivity contribution in [2.45, 2.75) is 39.3 Å². The second-order valence-electron chi connectivity index (χ2n) is 10.2. The molecule has 1 saturated heterocycles. The number of hydrogen-bond acceptors (Lipinski definition) is 5. The highest BCUT2D eigenvalue weighted by Crippen LogP contribution is 2.48. The summed E-state index contributed by atoms with van der Waals surface area (Å²) in [6.45, 7) is 9.43. The van der Waals surface area contributed by atoms with E-state index >= 15 is 0 Å². The topological polar surface area (TPSA) is 62.2 Å². The molecule has 0 bridgehead atoms. The summed E-state index contributed by atoms with van der Waals surface area (Å²) in [6, 6.07) is 18.9. The van der Waals surface area contributed by atoms with Crippen LogP contribution in [-0.4, -0.2) is 40.9 Å². The molecule has 5 rings (SSSR count). The molecule has 0 aliphatic carbocycles. The smallest absolute Gasteiger partial charge is 0.150 e. The molecule has 5 heteroatoms. The largest absolute Gasteiger partial charge is 0.508 e. The van der Waals surface area contributed by atoms with Gasteiger partial charge in [0.1, 0.15) is 35.7 Å². The molecule has 0 saturated carbocycles. The van der Waals surface area contributed by atoms with Gasteiger partial charge in [-0.1, -0.05) is 37.1 Å². The lowest BCUT2D eigenvalue weighted by Gasteiger charge is -2.31. The van der Waals surface area contributed by atoms with Crippen molar-refractivity contribution in [2.24, 2.45) is 5.92 Å². The summed E-state index contributed by atoms with van der Waals surface area (Å²) in [5, 5.41) is 20.6. The molecule has 190 valence electrons. The zero-order chi connectivity index (χ0) is 26.1. The molecule has 2 aliphatic rings. The number of likely N-dealkylation sites (tertiary alicyclic amines) is 1. The van der Waals surface area contributed by atoms with Crippen LogP contribution in [0.1, 0.15) is 55.5 Å². The minimum absolute atomic E-state index is 0.0389. The minimum atomic E-state index is -0.427. The summed E-state index contributed by atoms with van der Waals surface area (Å²) >= 11 is 0. The molecule has 0 aromatic heterocycles. The Hall–Kier alpha value is -3.88. The van der Waals surface area contributed by atoms with Gasteiger partial charge in [0.15, 0.2) is 0 Å². The van der Waals surface area contributed by atoms with Crippen LogP contribution in [0.5, 0.6) is 23.0 Å². The van der Waals surface area contributed by atoms with Crippen LogP contribution in [0, 0.1) is 18.3 Å². The van der Waals surface area contributed by atoms with Crippen LogP contribution in [0.4, 0.5) is 0 Å². The Kier molecular flexibility index (Phi) is 6.86. The fraction of sp³-hybridized carbons (Fsp3) is 0.312. The van der Waals surface area contributed by atoms with Gasteiger partial charge in [-0.3, -0.25) is 4.90 Å². The van der Waals surface area contributed by atoms with E-state index in [4.69, 9.17) is 15.9 Å². The predicted octanol–water partition coefficient (Wildman–Crippen LogP) is 6.25. The van der Waals surface area contributed by atoms with E-state index in [1.165, 1.54) is 6.42 Å². The molecule has 37 heavy (non-hydrogen) atoms. The second-order valence-corrected chi connectivity index (χ2v) is 10.2. The van der Waals surface area contributed by atoms with E-state index in [1.807, 2.05) is 43.3 Å². The summed E-state index contributed by atoms with van der Waals surface area (Å²) in [6.07, 6.45) is 6.41. The van der Waals surface area contributed by atoms with Gasteiger partial charge in [0.2, 0.25) is 0 Å². The summed E-state index contributed by atoms with van der Waals surface area (Å²) in [7, 11) is 0. The number of nitrogens with zero attached hydrogens (tertiary/aromatic N) is 1. The van der Waals surface area contributed by atoms with Gasteiger partial charge in [-0.2, -0.15) is 0 Å². The number of terminal acetylenes is 1. The average Bonchev–Trinajstić information content (AvgIpc) is 3.34. The van der Waals surface area contributed by atoms with E-state index in [1.54, 1.807) is 24.3 Å². The Morgan fingerprint density at radius 3 is 2.59 bits per heavy atom. The molecule has 3 aromatic carbocycles. The molecule has 2 heterocycles. The van der Waals surface area contributed by atoms with Crippen LogP contribution in [0.2, 0.25) is 0 Å². The van der Waals surface area contributed by atoms with Crippen molar-refractivity contribution in [3.63, 3.8) is 0 Å². The molecule has 2 aliphatic heterocycles. The highest BCUT2D eigenvalue weighted by atomic mass is 16.5. The molecule has 1 unspecified atom stereocenters. The molecule has 3 aromatic rings. The first kappa shape index (κ1) is 24.8. The van der Waals surface area contributed by atoms with E-state index in [9.17, 15) is 10.2 Å². The standard InChI is InChI=1S/C32H33NO4/c1-5-23-16-30-28(17-29(23)35)22(4)31(25-7-6-8-26(34)15-25)32(37-30)24-9-11-27(12-10-24)36-19-21(3)33-14-13-20(2)18-33/h1,6-12,15-17,20-21,32,34-35H,13-14,18-19H2,2-4H3/t20-,21+,32?/m1/s1. The van der Waals surface area contributed by atoms with Crippen LogP contribution >= 0.6 is 0 Å². The van der Waals surface area contributed by atoms with E-state index in [-0.39, 0.29) is 11.5 Å². The predicted molar refractivity (Wildman–Crippen MR) is 147 cm³/mol. The fourth-order valence-electron chi connectivity index (χ4n) is 5.31. The highest BCUT2D eigenvalue weighted by molar-refractivity contribution is 5.96. The molecule has 2 N–H and O–H groups in total. The zero-order valence-electron chi connectivity index (χ0n) is 21.6. The number of rotatable bonds is 6. The number of hydrogen-bond donors (Lipinski definition) is 2. The zero-order valence-corrected chi connectivity index (χ0v) is 21.6. The van der Waals surface area contributed by atoms with Crippen LogP contribution in [0.25, 0.3) is 11.1 Å². The van der Waals surface area contributed by atoms with Crippen molar-refractivity contribution in [1.82, 2.24) is 4.90 Å². The molecule has 5 nitrogen and oxygen atoms in total. The maximum atomic E-state index is 10.4. The SMILES string of the molecule is C#Cc1cc2c(cc1O)C(C)=C(c1cccc(O)c1)C(c1ccc(OC[C@H](C)N3CC[C@@H](C)C3)cc1)O2. The monoisotopic (exact) mass is 495 g/mol. The lowest BCUT2D eigenvalue weighted by molar-refractivity contribution is 0.169.